The SMILES string of the molecule is COc1ccc(C)cc1[C@H](C)NC(=O)CS[C@@H]1CCS(=O)(=O)C1. The summed E-state index contributed by atoms with van der Waals surface area (Å²) in [7, 11) is -1.28. The lowest BCUT2D eigenvalue weighted by Crippen LogP contribution is -2.29. The maximum absolute atomic E-state index is 12.1. The van der Waals surface area contributed by atoms with Gasteiger partial charge in [-0.05, 0) is 26.3 Å². The number of nitrogens with one attached hydrogen (secondary N) is 1. The van der Waals surface area contributed by atoms with Crippen molar-refractivity contribution in [2.45, 2.75) is 31.6 Å². The van der Waals surface area contributed by atoms with E-state index >= 15 is 0 Å². The van der Waals surface area contributed by atoms with Crippen LogP contribution in [0.3, 0.4) is 0 Å². The molecule has 2 atom stereocenters. The first kappa shape index (κ1) is 18.1. The Kier molecular flexibility index (Phi) is 5.97. The van der Waals surface area contributed by atoms with E-state index in [1.807, 2.05) is 32.0 Å². The summed E-state index contributed by atoms with van der Waals surface area (Å²) in [6.45, 7) is 3.91. The fourth-order valence-electron chi connectivity index (χ4n) is 2.64. The maximum Gasteiger partial charge on any atom is 0.230 e. The Hall–Kier alpha value is -1.21. The van der Waals surface area contributed by atoms with E-state index in [2.05, 4.69) is 5.32 Å². The Morgan fingerprint density at radius 3 is 2.83 bits per heavy atom. The van der Waals surface area contributed by atoms with Gasteiger partial charge < -0.3 is 10.1 Å². The molecule has 1 amide bonds. The molecule has 2 rings (SSSR count). The summed E-state index contributed by atoms with van der Waals surface area (Å²) in [4.78, 5) is 12.1. The van der Waals surface area contributed by atoms with Gasteiger partial charge in [0, 0.05) is 10.8 Å². The molecule has 7 heteroatoms. The van der Waals surface area contributed by atoms with Crippen LogP contribution in [0, 0.1) is 6.92 Å². The average molecular weight is 357 g/mol. The second kappa shape index (κ2) is 7.57. The Morgan fingerprint density at radius 1 is 1.48 bits per heavy atom. The second-order valence-electron chi connectivity index (χ2n) is 5.87. The van der Waals surface area contributed by atoms with Crippen LogP contribution in [0.1, 0.15) is 30.5 Å². The van der Waals surface area contributed by atoms with Gasteiger partial charge in [-0.25, -0.2) is 8.42 Å². The standard InChI is InChI=1S/C16H23NO4S2/c1-11-4-5-15(21-3)14(8-11)12(2)17-16(18)9-22-13-6-7-23(19,20)10-13/h4-5,8,12-13H,6-7,9-10H2,1-3H3,(H,17,18)/t12-,13+/m0/s1. The Balaban J connectivity index is 1.89. The van der Waals surface area contributed by atoms with Crippen LogP contribution in [0.25, 0.3) is 0 Å². The first-order valence-corrected chi connectivity index (χ1v) is 10.4. The summed E-state index contributed by atoms with van der Waals surface area (Å²) in [6, 6.07) is 5.70. The van der Waals surface area contributed by atoms with Crippen molar-refractivity contribution in [3.63, 3.8) is 0 Å². The van der Waals surface area contributed by atoms with Gasteiger partial charge in [0.2, 0.25) is 5.91 Å². The number of aryl methyl sites for hydroxylation is 1. The van der Waals surface area contributed by atoms with Gasteiger partial charge >= 0.3 is 0 Å². The number of methoxy groups -OCH3 is 1. The number of ether oxygens (including phenoxy) is 1. The van der Waals surface area contributed by atoms with Crippen LogP contribution < -0.4 is 10.1 Å². The van der Waals surface area contributed by atoms with Gasteiger partial charge in [-0.15, -0.1) is 11.8 Å². The minimum absolute atomic E-state index is 0.0366. The van der Waals surface area contributed by atoms with Gasteiger partial charge in [-0.2, -0.15) is 0 Å². The molecule has 1 fully saturated rings. The molecule has 0 radical (unpaired) electrons. The number of rotatable bonds is 6. The largest absolute Gasteiger partial charge is 0.496 e. The lowest BCUT2D eigenvalue weighted by molar-refractivity contribution is -0.119. The molecule has 5 nitrogen and oxygen atoms in total. The van der Waals surface area contributed by atoms with Crippen LogP contribution >= 0.6 is 11.8 Å². The zero-order valence-corrected chi connectivity index (χ0v) is 15.3. The topological polar surface area (TPSA) is 72.5 Å². The first-order valence-electron chi connectivity index (χ1n) is 7.56. The highest BCUT2D eigenvalue weighted by Gasteiger charge is 2.28. The summed E-state index contributed by atoms with van der Waals surface area (Å²) >= 11 is 1.42. The Bertz CT molecular complexity index is 673. The van der Waals surface area contributed by atoms with Gasteiger partial charge in [0.15, 0.2) is 9.84 Å². The van der Waals surface area contributed by atoms with Crippen LogP contribution in [0.2, 0.25) is 0 Å². The fraction of sp³-hybridized carbons (Fsp3) is 0.562. The first-order chi connectivity index (χ1) is 10.8. The minimum atomic E-state index is -2.89. The van der Waals surface area contributed by atoms with Gasteiger partial charge in [0.25, 0.3) is 0 Å². The number of hydrogen-bond acceptors (Lipinski definition) is 5. The summed E-state index contributed by atoms with van der Waals surface area (Å²) in [6.07, 6.45) is 0.640. The third-order valence-electron chi connectivity index (χ3n) is 3.87. The molecule has 0 spiro atoms. The molecular weight excluding hydrogens is 334 g/mol. The van der Waals surface area contributed by atoms with Crippen molar-refractivity contribution in [2.24, 2.45) is 0 Å². The molecule has 0 aromatic heterocycles. The highest BCUT2D eigenvalue weighted by Crippen LogP contribution is 2.27. The molecule has 23 heavy (non-hydrogen) atoms. The molecule has 1 aromatic rings. The van der Waals surface area contributed by atoms with Gasteiger partial charge in [-0.1, -0.05) is 17.7 Å². The van der Waals surface area contributed by atoms with Crippen molar-refractivity contribution in [1.82, 2.24) is 5.32 Å². The Labute approximate surface area is 142 Å². The van der Waals surface area contributed by atoms with Crippen molar-refractivity contribution in [3.05, 3.63) is 29.3 Å². The number of hydrogen-bond donors (Lipinski definition) is 1. The zero-order chi connectivity index (χ0) is 17.0. The molecule has 1 aliphatic rings. The van der Waals surface area contributed by atoms with Crippen molar-refractivity contribution < 1.29 is 17.9 Å². The summed E-state index contributed by atoms with van der Waals surface area (Å²) in [5, 5.41) is 2.99. The third kappa shape index (κ3) is 5.14. The quantitative estimate of drug-likeness (QED) is 0.844. The van der Waals surface area contributed by atoms with Crippen LogP contribution in [0.5, 0.6) is 5.75 Å². The number of carbonyl (C=O) groups excluding carboxylic acids is 1. The minimum Gasteiger partial charge on any atom is -0.496 e. The van der Waals surface area contributed by atoms with E-state index < -0.39 is 9.84 Å². The van der Waals surface area contributed by atoms with Gasteiger partial charge in [0.1, 0.15) is 5.75 Å². The highest BCUT2D eigenvalue weighted by molar-refractivity contribution is 8.02. The molecule has 1 saturated heterocycles. The molecule has 128 valence electrons. The van der Waals surface area contributed by atoms with Gasteiger partial charge in [-0.3, -0.25) is 4.79 Å². The number of sulfone groups is 1. The van der Waals surface area contributed by atoms with Crippen molar-refractivity contribution in [3.8, 4) is 5.75 Å². The predicted octanol–water partition coefficient (Wildman–Crippen LogP) is 2.10. The molecule has 0 saturated carbocycles. The van der Waals surface area contributed by atoms with E-state index in [1.165, 1.54) is 11.8 Å². The van der Waals surface area contributed by atoms with E-state index in [0.29, 0.717) is 6.42 Å². The van der Waals surface area contributed by atoms with E-state index in [9.17, 15) is 13.2 Å². The maximum atomic E-state index is 12.1. The summed E-state index contributed by atoms with van der Waals surface area (Å²) < 4.78 is 28.2. The number of benzene rings is 1. The molecular formula is C16H23NO4S2. The normalized spacial score (nSPS) is 20.9. The van der Waals surface area contributed by atoms with Gasteiger partial charge in [0.05, 0.1) is 30.4 Å². The molecule has 0 unspecified atom stereocenters. The third-order valence-corrected chi connectivity index (χ3v) is 7.15. The average Bonchev–Trinajstić information content (AvgIpc) is 2.84. The smallest absolute Gasteiger partial charge is 0.230 e. The molecule has 1 N–H and O–H groups in total. The zero-order valence-electron chi connectivity index (χ0n) is 13.7. The molecule has 1 aliphatic heterocycles. The second-order valence-corrected chi connectivity index (χ2v) is 9.39. The van der Waals surface area contributed by atoms with E-state index in [0.717, 1.165) is 16.9 Å². The Morgan fingerprint density at radius 2 is 2.22 bits per heavy atom. The summed E-state index contributed by atoms with van der Waals surface area (Å²) in [5.74, 6) is 1.36. The lowest BCUT2D eigenvalue weighted by atomic mass is 10.0. The number of amides is 1. The number of carbonyl (C=O) groups is 1. The lowest BCUT2D eigenvalue weighted by Gasteiger charge is -2.18. The van der Waals surface area contributed by atoms with E-state index in [4.69, 9.17) is 4.74 Å². The van der Waals surface area contributed by atoms with Crippen LogP contribution in [-0.2, 0) is 14.6 Å². The molecule has 0 aliphatic carbocycles. The number of thioether (sulfide) groups is 1. The van der Waals surface area contributed by atoms with Crippen molar-refractivity contribution in [2.75, 3.05) is 24.4 Å². The monoisotopic (exact) mass is 357 g/mol. The van der Waals surface area contributed by atoms with E-state index in [1.54, 1.807) is 7.11 Å². The van der Waals surface area contributed by atoms with Crippen LogP contribution in [0.4, 0.5) is 0 Å². The van der Waals surface area contributed by atoms with E-state index in [-0.39, 0.29) is 34.5 Å². The van der Waals surface area contributed by atoms with Crippen molar-refractivity contribution >= 4 is 27.5 Å². The molecule has 1 heterocycles. The molecule has 1 aromatic carbocycles. The van der Waals surface area contributed by atoms with Crippen LogP contribution in [-0.4, -0.2) is 43.9 Å². The summed E-state index contributed by atoms with van der Waals surface area (Å²) in [5.41, 5.74) is 2.04. The van der Waals surface area contributed by atoms with Crippen LogP contribution in [0.15, 0.2) is 18.2 Å². The fourth-order valence-corrected chi connectivity index (χ4v) is 6.09. The predicted molar refractivity (Wildman–Crippen MR) is 93.8 cm³/mol. The van der Waals surface area contributed by atoms with Crippen molar-refractivity contribution in [1.29, 1.82) is 0 Å². The molecule has 0 bridgehead atoms. The highest BCUT2D eigenvalue weighted by atomic mass is 32.2.